The van der Waals surface area contributed by atoms with E-state index in [0.29, 0.717) is 5.75 Å². The largest absolute Gasteiger partial charge is 0.506 e. The van der Waals surface area contributed by atoms with Gasteiger partial charge < -0.3 is 10.4 Å². The Morgan fingerprint density at radius 2 is 2.06 bits per heavy atom. The third-order valence-electron chi connectivity index (χ3n) is 2.59. The van der Waals surface area contributed by atoms with Crippen LogP contribution in [0.25, 0.3) is 0 Å². The lowest BCUT2D eigenvalue weighted by Crippen LogP contribution is -2.14. The van der Waals surface area contributed by atoms with Gasteiger partial charge in [0.05, 0.1) is 4.47 Å². The second kappa shape index (κ2) is 7.69. The summed E-state index contributed by atoms with van der Waals surface area (Å²) in [6.45, 7) is 3.97. The molecule has 0 bridgehead atoms. The van der Waals surface area contributed by atoms with Crippen molar-refractivity contribution in [3.05, 3.63) is 28.2 Å². The molecule has 16 heavy (non-hydrogen) atoms. The van der Waals surface area contributed by atoms with E-state index in [-0.39, 0.29) is 0 Å². The molecule has 1 rings (SSSR count). The molecular weight excluding hydrogens is 266 g/mol. The Balaban J connectivity index is 2.24. The van der Waals surface area contributed by atoms with Crippen molar-refractivity contribution >= 4 is 15.9 Å². The van der Waals surface area contributed by atoms with E-state index >= 15 is 0 Å². The van der Waals surface area contributed by atoms with Crippen molar-refractivity contribution in [3.63, 3.8) is 0 Å². The minimum absolute atomic E-state index is 0.351. The van der Waals surface area contributed by atoms with Gasteiger partial charge in [0, 0.05) is 12.1 Å². The van der Waals surface area contributed by atoms with E-state index < -0.39 is 0 Å². The molecule has 1 aromatic carbocycles. The summed E-state index contributed by atoms with van der Waals surface area (Å²) < 4.78 is 0.762. The number of hydrogen-bond acceptors (Lipinski definition) is 2. The number of benzene rings is 1. The third-order valence-corrected chi connectivity index (χ3v) is 3.23. The molecule has 0 saturated carbocycles. The molecule has 0 heterocycles. The van der Waals surface area contributed by atoms with Crippen LogP contribution in [-0.2, 0) is 6.54 Å². The number of nitrogens with one attached hydrogen (secondary N) is 1. The van der Waals surface area contributed by atoms with Crippen molar-refractivity contribution in [2.24, 2.45) is 0 Å². The van der Waals surface area contributed by atoms with Gasteiger partial charge in [-0.05, 0) is 35.0 Å². The quantitative estimate of drug-likeness (QED) is 0.747. The average Bonchev–Trinajstić information content (AvgIpc) is 2.29. The highest BCUT2D eigenvalue weighted by molar-refractivity contribution is 9.10. The minimum atomic E-state index is 0.351. The average molecular weight is 286 g/mol. The van der Waals surface area contributed by atoms with E-state index in [1.807, 2.05) is 18.2 Å². The molecule has 1 aromatic rings. The highest BCUT2D eigenvalue weighted by Gasteiger charge is 2.03. The van der Waals surface area contributed by atoms with Crippen LogP contribution >= 0.6 is 15.9 Å². The summed E-state index contributed by atoms with van der Waals surface area (Å²) in [5, 5.41) is 13.1. The highest BCUT2D eigenvalue weighted by Crippen LogP contribution is 2.27. The number of unbranched alkanes of at least 4 members (excludes halogenated alkanes) is 3. The van der Waals surface area contributed by atoms with Crippen LogP contribution in [0, 0.1) is 0 Å². The Bertz CT molecular complexity index is 315. The summed E-state index contributed by atoms with van der Waals surface area (Å²) in [6, 6.07) is 5.73. The molecule has 0 aliphatic heterocycles. The third kappa shape index (κ3) is 4.54. The van der Waals surface area contributed by atoms with Crippen LogP contribution in [0.1, 0.15) is 38.2 Å². The number of rotatable bonds is 7. The maximum atomic E-state index is 9.75. The highest BCUT2D eigenvalue weighted by atomic mass is 79.9. The first kappa shape index (κ1) is 13.5. The Morgan fingerprint density at radius 3 is 2.81 bits per heavy atom. The van der Waals surface area contributed by atoms with Gasteiger partial charge in [-0.1, -0.05) is 38.3 Å². The van der Waals surface area contributed by atoms with Gasteiger partial charge in [0.15, 0.2) is 0 Å². The van der Waals surface area contributed by atoms with Gasteiger partial charge in [-0.15, -0.1) is 0 Å². The van der Waals surface area contributed by atoms with Crippen LogP contribution in [0.5, 0.6) is 5.75 Å². The predicted octanol–water partition coefficient (Wildman–Crippen LogP) is 3.82. The maximum absolute atomic E-state index is 9.75. The monoisotopic (exact) mass is 285 g/mol. The number of halogens is 1. The Kier molecular flexibility index (Phi) is 6.50. The van der Waals surface area contributed by atoms with Gasteiger partial charge in [0.25, 0.3) is 0 Å². The van der Waals surface area contributed by atoms with E-state index in [2.05, 4.69) is 28.2 Å². The Labute approximate surface area is 106 Å². The molecule has 0 fully saturated rings. The molecule has 0 radical (unpaired) electrons. The fraction of sp³-hybridized carbons (Fsp3) is 0.538. The molecule has 2 nitrogen and oxygen atoms in total. The van der Waals surface area contributed by atoms with Crippen LogP contribution in [0.3, 0.4) is 0 Å². The summed E-state index contributed by atoms with van der Waals surface area (Å²) in [6.07, 6.45) is 5.08. The zero-order valence-corrected chi connectivity index (χ0v) is 11.4. The van der Waals surface area contributed by atoms with Crippen molar-refractivity contribution in [1.82, 2.24) is 5.32 Å². The molecule has 0 atom stereocenters. The predicted molar refractivity (Wildman–Crippen MR) is 71.7 cm³/mol. The normalized spacial score (nSPS) is 10.6. The van der Waals surface area contributed by atoms with Crippen molar-refractivity contribution in [2.75, 3.05) is 6.54 Å². The van der Waals surface area contributed by atoms with Gasteiger partial charge in [-0.25, -0.2) is 0 Å². The zero-order valence-electron chi connectivity index (χ0n) is 9.80. The molecule has 0 aliphatic rings. The number of phenols is 1. The number of hydrogen-bond donors (Lipinski definition) is 2. The standard InChI is InChI=1S/C13H20BrNO/c1-2-3-4-5-9-15-10-11-7-6-8-12(14)13(11)16/h6-8,15-16H,2-5,9-10H2,1H3. The van der Waals surface area contributed by atoms with Gasteiger partial charge in [0.1, 0.15) is 5.75 Å². The lowest BCUT2D eigenvalue weighted by molar-refractivity contribution is 0.460. The van der Waals surface area contributed by atoms with E-state index in [0.717, 1.165) is 23.1 Å². The molecule has 0 spiro atoms. The molecular formula is C13H20BrNO. The summed E-state index contributed by atoms with van der Waals surface area (Å²) in [7, 11) is 0. The second-order valence-electron chi connectivity index (χ2n) is 3.99. The molecule has 0 unspecified atom stereocenters. The van der Waals surface area contributed by atoms with Gasteiger partial charge in [0.2, 0.25) is 0 Å². The molecule has 3 heteroatoms. The minimum Gasteiger partial charge on any atom is -0.506 e. The molecule has 0 saturated heterocycles. The molecule has 0 amide bonds. The maximum Gasteiger partial charge on any atom is 0.134 e. The lowest BCUT2D eigenvalue weighted by atomic mass is 10.2. The van der Waals surface area contributed by atoms with Crippen LogP contribution in [0.2, 0.25) is 0 Å². The summed E-state index contributed by atoms with van der Waals surface area (Å²) in [4.78, 5) is 0. The zero-order chi connectivity index (χ0) is 11.8. The van der Waals surface area contributed by atoms with Crippen LogP contribution in [0.15, 0.2) is 22.7 Å². The Morgan fingerprint density at radius 1 is 1.25 bits per heavy atom. The van der Waals surface area contributed by atoms with E-state index in [1.165, 1.54) is 25.7 Å². The van der Waals surface area contributed by atoms with Gasteiger partial charge in [-0.2, -0.15) is 0 Å². The van der Waals surface area contributed by atoms with E-state index in [9.17, 15) is 5.11 Å². The second-order valence-corrected chi connectivity index (χ2v) is 4.84. The topological polar surface area (TPSA) is 32.3 Å². The van der Waals surface area contributed by atoms with Gasteiger partial charge >= 0.3 is 0 Å². The van der Waals surface area contributed by atoms with Crippen LogP contribution in [0.4, 0.5) is 0 Å². The first-order chi connectivity index (χ1) is 7.75. The summed E-state index contributed by atoms with van der Waals surface area (Å²) in [5.41, 5.74) is 0.949. The Hall–Kier alpha value is -0.540. The SMILES string of the molecule is CCCCCCNCc1cccc(Br)c1O. The van der Waals surface area contributed by atoms with Crippen LogP contribution in [-0.4, -0.2) is 11.7 Å². The number of para-hydroxylation sites is 1. The van der Waals surface area contributed by atoms with E-state index in [4.69, 9.17) is 0 Å². The van der Waals surface area contributed by atoms with Crippen molar-refractivity contribution in [1.29, 1.82) is 0 Å². The van der Waals surface area contributed by atoms with Crippen LogP contribution < -0.4 is 5.32 Å². The first-order valence-electron chi connectivity index (χ1n) is 5.92. The van der Waals surface area contributed by atoms with Crippen molar-refractivity contribution < 1.29 is 5.11 Å². The van der Waals surface area contributed by atoms with Crippen molar-refractivity contribution in [2.45, 2.75) is 39.2 Å². The smallest absolute Gasteiger partial charge is 0.134 e. The fourth-order valence-electron chi connectivity index (χ4n) is 1.60. The summed E-state index contributed by atoms with van der Waals surface area (Å²) >= 11 is 3.31. The molecule has 2 N–H and O–H groups in total. The number of phenolic OH excluding ortho intramolecular Hbond substituents is 1. The van der Waals surface area contributed by atoms with Gasteiger partial charge in [-0.3, -0.25) is 0 Å². The molecule has 90 valence electrons. The molecule has 0 aromatic heterocycles. The van der Waals surface area contributed by atoms with E-state index in [1.54, 1.807) is 0 Å². The van der Waals surface area contributed by atoms with Crippen molar-refractivity contribution in [3.8, 4) is 5.75 Å². The number of aromatic hydroxyl groups is 1. The molecule has 0 aliphatic carbocycles. The first-order valence-corrected chi connectivity index (χ1v) is 6.72. The lowest BCUT2D eigenvalue weighted by Gasteiger charge is -2.07. The fourth-order valence-corrected chi connectivity index (χ4v) is 2.01. The summed E-state index contributed by atoms with van der Waals surface area (Å²) in [5.74, 6) is 0.351.